The van der Waals surface area contributed by atoms with Crippen LogP contribution >= 0.6 is 139 Å². The molecule has 0 radical (unpaired) electrons. The Morgan fingerprint density at radius 2 is 1.19 bits per heavy atom. The Morgan fingerprint density at radius 3 is 1.71 bits per heavy atom. The molecule has 0 aromatic rings. The summed E-state index contributed by atoms with van der Waals surface area (Å²) < 4.78 is 2.48. The van der Waals surface area contributed by atoms with Gasteiger partial charge < -0.3 is 4.74 Å². The molecule has 0 spiro atoms. The van der Waals surface area contributed by atoms with E-state index >= 15 is 0 Å². The maximum atomic E-state index is 7.13. The molecule has 5 aliphatic carbocycles. The molecule has 6 aliphatic rings. The molecule has 0 aromatic heterocycles. The Morgan fingerprint density at radius 1 is 0.645 bits per heavy atom. The Kier molecular flexibility index (Phi) is 4.94. The lowest BCUT2D eigenvalue weighted by molar-refractivity contribution is 0.108. The van der Waals surface area contributed by atoms with E-state index in [0.717, 1.165) is 0 Å². The summed E-state index contributed by atoms with van der Waals surface area (Å²) in [5.74, 6) is -0.764. The number of hydrogen-bond acceptors (Lipinski definition) is 1. The number of rotatable bonds is 1. The van der Waals surface area contributed by atoms with Gasteiger partial charge >= 0.3 is 0 Å². The van der Waals surface area contributed by atoms with Crippen LogP contribution in [0.3, 0.4) is 0 Å². The van der Waals surface area contributed by atoms with Crippen molar-refractivity contribution >= 4 is 139 Å². The van der Waals surface area contributed by atoms with Crippen molar-refractivity contribution in [3.8, 4) is 0 Å². The van der Waals surface area contributed by atoms with E-state index in [1.807, 2.05) is 0 Å². The van der Waals surface area contributed by atoms with E-state index in [4.69, 9.17) is 144 Å². The number of halogens is 12. The molecule has 13 heteroatoms. The van der Waals surface area contributed by atoms with Gasteiger partial charge in [-0.05, 0) is 49.4 Å². The van der Waals surface area contributed by atoms with Gasteiger partial charge in [0, 0.05) is 0 Å². The van der Waals surface area contributed by atoms with Crippen LogP contribution in [0.4, 0.5) is 0 Å². The van der Waals surface area contributed by atoms with Crippen molar-refractivity contribution in [3.63, 3.8) is 0 Å². The molecule has 1 nitrogen and oxygen atoms in total. The van der Waals surface area contributed by atoms with Crippen LogP contribution in [0, 0.1) is 23.7 Å². The summed E-state index contributed by atoms with van der Waals surface area (Å²) in [5.41, 5.74) is 0. The van der Waals surface area contributed by atoms with Crippen molar-refractivity contribution in [1.29, 1.82) is 0 Å². The molecule has 10 unspecified atom stereocenters. The molecule has 5 fully saturated rings. The molecular formula is C18H12Cl12O. The van der Waals surface area contributed by atoms with Gasteiger partial charge in [-0.2, -0.15) is 0 Å². The number of alkyl halides is 10. The van der Waals surface area contributed by atoms with Gasteiger partial charge in [0.15, 0.2) is 8.67 Å². The number of epoxide rings is 1. The first kappa shape index (κ1) is 24.5. The summed E-state index contributed by atoms with van der Waals surface area (Å²) in [7, 11) is 0. The van der Waals surface area contributed by atoms with E-state index in [-0.39, 0.29) is 33.7 Å². The number of hydrogen-bond donors (Lipinski definition) is 0. The minimum Gasteiger partial charge on any atom is -0.325 e. The molecule has 0 amide bonds. The molecule has 4 saturated carbocycles. The number of allylic oxidation sites excluding steroid dienone is 2. The molecule has 6 rings (SSSR count). The van der Waals surface area contributed by atoms with Crippen molar-refractivity contribution in [2.45, 2.75) is 64.0 Å². The van der Waals surface area contributed by atoms with Gasteiger partial charge in [0.25, 0.3) is 0 Å². The summed E-state index contributed by atoms with van der Waals surface area (Å²) in [6.07, 6.45) is 2.24. The lowest BCUT2D eigenvalue weighted by atomic mass is 9.63. The second-order valence-electron chi connectivity index (χ2n) is 9.60. The van der Waals surface area contributed by atoms with E-state index in [1.54, 1.807) is 0 Å². The van der Waals surface area contributed by atoms with Crippen LogP contribution in [0.1, 0.15) is 25.7 Å². The molecule has 1 aliphatic heterocycles. The first-order valence-corrected chi connectivity index (χ1v) is 14.1. The molecule has 174 valence electrons. The van der Waals surface area contributed by atoms with Crippen LogP contribution in [0.2, 0.25) is 0 Å². The van der Waals surface area contributed by atoms with Gasteiger partial charge in [0.1, 0.15) is 19.5 Å². The van der Waals surface area contributed by atoms with Crippen molar-refractivity contribution in [2.75, 3.05) is 0 Å². The predicted molar refractivity (Wildman–Crippen MR) is 133 cm³/mol. The van der Waals surface area contributed by atoms with Crippen molar-refractivity contribution < 1.29 is 4.74 Å². The molecule has 1 saturated heterocycles. The summed E-state index contributed by atoms with van der Waals surface area (Å²) >= 11 is 81.5. The Hall–Kier alpha value is 3.18. The molecule has 31 heavy (non-hydrogen) atoms. The normalized spacial score (nSPS) is 64.6. The Bertz CT molecular complexity index is 969. The first-order chi connectivity index (χ1) is 13.9. The van der Waals surface area contributed by atoms with E-state index < -0.39 is 38.3 Å². The van der Waals surface area contributed by atoms with Crippen LogP contribution in [-0.4, -0.2) is 38.3 Å². The third kappa shape index (κ3) is 2.03. The van der Waals surface area contributed by atoms with Crippen LogP contribution in [0.25, 0.3) is 0 Å². The SMILES string of the molecule is ClC1=C(Cl)C2(Cl)C3CC(C4CC5(Cl)C(Cl)(Cl)C4(Cl)C4(Cl)OC54Cl)CCC3C1(Cl)C2(Cl)Cl. The first-order valence-electron chi connectivity index (χ1n) is 9.60. The van der Waals surface area contributed by atoms with E-state index in [1.165, 1.54) is 0 Å². The maximum Gasteiger partial charge on any atom is 0.211 e. The molecule has 10 atom stereocenters. The third-order valence-corrected chi connectivity index (χ3v) is 17.9. The monoisotopic (exact) mass is 664 g/mol. The van der Waals surface area contributed by atoms with Crippen molar-refractivity contribution in [1.82, 2.24) is 0 Å². The van der Waals surface area contributed by atoms with Crippen molar-refractivity contribution in [2.24, 2.45) is 23.7 Å². The quantitative estimate of drug-likeness (QED) is 0.201. The zero-order valence-corrected chi connectivity index (χ0v) is 24.2. The summed E-state index contributed by atoms with van der Waals surface area (Å²) in [6.45, 7) is 0. The summed E-state index contributed by atoms with van der Waals surface area (Å²) in [4.78, 5) is -5.38. The average Bonchev–Trinajstić information content (AvgIpc) is 3.16. The van der Waals surface area contributed by atoms with Crippen LogP contribution in [-0.2, 0) is 4.74 Å². The van der Waals surface area contributed by atoms with Gasteiger partial charge in [-0.3, -0.25) is 0 Å². The fraction of sp³-hybridized carbons (Fsp3) is 0.889. The zero-order valence-electron chi connectivity index (χ0n) is 15.1. The second kappa shape index (κ2) is 6.24. The second-order valence-corrected chi connectivity index (χ2v) is 16.5. The van der Waals surface area contributed by atoms with Gasteiger partial charge in [-0.1, -0.05) is 92.8 Å². The zero-order chi connectivity index (χ0) is 23.0. The Labute approximate surface area is 239 Å². The fourth-order valence-corrected chi connectivity index (χ4v) is 13.9. The van der Waals surface area contributed by atoms with E-state index in [9.17, 15) is 0 Å². The lowest BCUT2D eigenvalue weighted by Gasteiger charge is -2.47. The van der Waals surface area contributed by atoms with Gasteiger partial charge in [0.2, 0.25) is 10.1 Å². The minimum atomic E-state index is -1.61. The fourth-order valence-electron chi connectivity index (χ4n) is 7.31. The molecule has 0 aromatic carbocycles. The van der Waals surface area contributed by atoms with Crippen molar-refractivity contribution in [3.05, 3.63) is 10.1 Å². The molecular weight excluding hydrogens is 658 g/mol. The highest BCUT2D eigenvalue weighted by Gasteiger charge is 3.03. The van der Waals surface area contributed by atoms with Crippen LogP contribution in [0.5, 0.6) is 0 Å². The molecule has 1 heterocycles. The number of fused-ring (bicyclic) bond motifs is 10. The summed E-state index contributed by atoms with van der Waals surface area (Å²) in [5, 5.41) is -2.53. The van der Waals surface area contributed by atoms with Gasteiger partial charge in [0.05, 0.1) is 10.1 Å². The number of ether oxygens (including phenoxy) is 1. The smallest absolute Gasteiger partial charge is 0.211 e. The van der Waals surface area contributed by atoms with Gasteiger partial charge in [-0.25, -0.2) is 0 Å². The highest BCUT2D eigenvalue weighted by Crippen LogP contribution is 2.90. The predicted octanol–water partition coefficient (Wildman–Crippen LogP) is 8.93. The average molecular weight is 670 g/mol. The molecule has 4 bridgehead atoms. The van der Waals surface area contributed by atoms with E-state index in [2.05, 4.69) is 0 Å². The van der Waals surface area contributed by atoms with Gasteiger partial charge in [-0.15, -0.1) is 46.4 Å². The standard InChI is InChI=1S/C18H12Cl12O/c19-9-10(20)13(23)7-3-5(1-2-6(7)12(9,22)16(13,27)28)8-4-11(21)15(25,26)14(8,24)18(30)17(11,29)31-18/h5-8H,1-4H2. The van der Waals surface area contributed by atoms with Crippen LogP contribution < -0.4 is 0 Å². The molecule has 0 N–H and O–H groups in total. The Balaban J connectivity index is 1.40. The minimum absolute atomic E-state index is 0.0279. The lowest BCUT2D eigenvalue weighted by Crippen LogP contribution is -2.53. The summed E-state index contributed by atoms with van der Waals surface area (Å²) in [6, 6.07) is 0. The van der Waals surface area contributed by atoms with E-state index in [0.29, 0.717) is 25.7 Å². The highest BCUT2D eigenvalue weighted by atomic mass is 35.5. The third-order valence-electron chi connectivity index (χ3n) is 8.82. The maximum absolute atomic E-state index is 7.13. The largest absolute Gasteiger partial charge is 0.325 e. The topological polar surface area (TPSA) is 12.5 Å². The van der Waals surface area contributed by atoms with Crippen LogP contribution in [0.15, 0.2) is 10.1 Å². The highest BCUT2D eigenvalue weighted by molar-refractivity contribution is 6.66.